The van der Waals surface area contributed by atoms with E-state index in [4.69, 9.17) is 9.72 Å². The number of carbonyl (C=O) groups is 2. The van der Waals surface area contributed by atoms with Crippen molar-refractivity contribution in [3.8, 4) is 5.75 Å². The zero-order valence-electron chi connectivity index (χ0n) is 25.4. The number of anilines is 2. The molecule has 3 fully saturated rings. The Balaban J connectivity index is 1.01. The van der Waals surface area contributed by atoms with Crippen molar-refractivity contribution in [1.82, 2.24) is 20.5 Å². The minimum absolute atomic E-state index is 0.0475. The lowest BCUT2D eigenvalue weighted by molar-refractivity contribution is 0.0923. The Morgan fingerprint density at radius 3 is 2.30 bits per heavy atom. The number of likely N-dealkylation sites (N-methyl/N-ethyl adjacent to an activating group) is 1. The molecule has 1 aromatic heterocycles. The van der Waals surface area contributed by atoms with Gasteiger partial charge in [0.1, 0.15) is 11.6 Å². The predicted molar refractivity (Wildman–Crippen MR) is 169 cm³/mol. The Kier molecular flexibility index (Phi) is 8.51. The van der Waals surface area contributed by atoms with E-state index in [9.17, 15) is 9.59 Å². The number of pyridine rings is 1. The quantitative estimate of drug-likeness (QED) is 0.415. The number of carbonyl (C=O) groups excluding carboxylic acids is 2. The largest absolute Gasteiger partial charge is 0.496 e. The van der Waals surface area contributed by atoms with Crippen LogP contribution in [0.4, 0.5) is 11.5 Å². The van der Waals surface area contributed by atoms with Crippen LogP contribution in [0.25, 0.3) is 0 Å². The maximum Gasteiger partial charge on any atom is 0.253 e. The third-order valence-electron chi connectivity index (χ3n) is 9.35. The number of piperidine rings is 1. The number of fused-ring (bicyclic) bond motifs is 2. The predicted octanol–water partition coefficient (Wildman–Crippen LogP) is 4.01. The highest BCUT2D eigenvalue weighted by atomic mass is 16.5. The van der Waals surface area contributed by atoms with Gasteiger partial charge in [-0.1, -0.05) is 18.2 Å². The molecule has 3 atom stereocenters. The highest BCUT2D eigenvalue weighted by Crippen LogP contribution is 2.38. The van der Waals surface area contributed by atoms with Gasteiger partial charge in [-0.15, -0.1) is 0 Å². The lowest BCUT2D eigenvalue weighted by Crippen LogP contribution is -2.50. The molecule has 2 amide bonds. The number of nitrogens with one attached hydrogen (secondary N) is 2. The first kappa shape index (κ1) is 29.0. The second-order valence-electron chi connectivity index (χ2n) is 12.1. The van der Waals surface area contributed by atoms with Crippen LogP contribution in [0.2, 0.25) is 0 Å². The third kappa shape index (κ3) is 6.32. The molecule has 3 aliphatic rings. The fourth-order valence-corrected chi connectivity index (χ4v) is 6.86. The molecule has 9 heteroatoms. The molecule has 2 N–H and O–H groups in total. The van der Waals surface area contributed by atoms with Gasteiger partial charge in [0, 0.05) is 73.9 Å². The van der Waals surface area contributed by atoms with Gasteiger partial charge in [-0.25, -0.2) is 4.98 Å². The van der Waals surface area contributed by atoms with Crippen LogP contribution < -0.4 is 25.2 Å². The Labute approximate surface area is 254 Å². The molecule has 3 aromatic rings. The van der Waals surface area contributed by atoms with E-state index in [0.717, 1.165) is 74.6 Å². The molecule has 4 heterocycles. The van der Waals surface area contributed by atoms with Gasteiger partial charge in [0.25, 0.3) is 11.8 Å². The molecule has 0 unspecified atom stereocenters. The molecule has 226 valence electrons. The van der Waals surface area contributed by atoms with Crippen molar-refractivity contribution in [2.45, 2.75) is 57.3 Å². The normalized spacial score (nSPS) is 21.9. The number of amides is 2. The van der Waals surface area contributed by atoms with Crippen LogP contribution in [0.3, 0.4) is 0 Å². The number of nitrogens with zero attached hydrogens (tertiary/aromatic N) is 4. The number of benzene rings is 2. The van der Waals surface area contributed by atoms with E-state index in [2.05, 4.69) is 56.6 Å². The van der Waals surface area contributed by atoms with E-state index < -0.39 is 0 Å². The number of rotatable bonds is 8. The van der Waals surface area contributed by atoms with Gasteiger partial charge < -0.3 is 30.1 Å². The molecule has 0 spiro atoms. The smallest absolute Gasteiger partial charge is 0.253 e. The summed E-state index contributed by atoms with van der Waals surface area (Å²) >= 11 is 0. The topological polar surface area (TPSA) is 90.0 Å². The first-order valence-corrected chi connectivity index (χ1v) is 15.4. The fraction of sp³-hybridized carbons (Fsp3) is 0.441. The minimum atomic E-state index is -0.126. The summed E-state index contributed by atoms with van der Waals surface area (Å²) in [5, 5.41) is 6.31. The average Bonchev–Trinajstić information content (AvgIpc) is 3.30. The van der Waals surface area contributed by atoms with Gasteiger partial charge in [0.15, 0.2) is 0 Å². The fourth-order valence-electron chi connectivity index (χ4n) is 6.86. The van der Waals surface area contributed by atoms with Crippen molar-refractivity contribution in [3.05, 3.63) is 83.0 Å². The Morgan fingerprint density at radius 1 is 0.930 bits per heavy atom. The third-order valence-corrected chi connectivity index (χ3v) is 9.35. The molecule has 0 radical (unpaired) electrons. The molecule has 0 saturated carbocycles. The summed E-state index contributed by atoms with van der Waals surface area (Å²) in [5.41, 5.74) is 4.38. The summed E-state index contributed by atoms with van der Waals surface area (Å²) in [6.45, 7) is 6.62. The molecule has 43 heavy (non-hydrogen) atoms. The average molecular weight is 583 g/mol. The van der Waals surface area contributed by atoms with Crippen LogP contribution in [0.5, 0.6) is 5.75 Å². The van der Waals surface area contributed by atoms with E-state index in [1.807, 2.05) is 37.3 Å². The monoisotopic (exact) mass is 582 g/mol. The first-order chi connectivity index (χ1) is 20.9. The van der Waals surface area contributed by atoms with Crippen molar-refractivity contribution in [2.24, 2.45) is 0 Å². The van der Waals surface area contributed by atoms with Crippen LogP contribution in [0.15, 0.2) is 60.8 Å². The molecule has 0 aliphatic carbocycles. The summed E-state index contributed by atoms with van der Waals surface area (Å²) < 4.78 is 5.39. The zero-order valence-corrected chi connectivity index (χ0v) is 25.4. The number of ether oxygens (including phenoxy) is 1. The molecule has 3 saturated heterocycles. The summed E-state index contributed by atoms with van der Waals surface area (Å²) in [6.07, 6.45) is 5.59. The Bertz CT molecular complexity index is 1420. The number of hydrogen-bond acceptors (Lipinski definition) is 7. The molecular weight excluding hydrogens is 540 g/mol. The maximum absolute atomic E-state index is 13.1. The van der Waals surface area contributed by atoms with Gasteiger partial charge in [-0.05, 0) is 81.6 Å². The van der Waals surface area contributed by atoms with E-state index in [1.165, 1.54) is 5.69 Å². The maximum atomic E-state index is 13.1. The van der Waals surface area contributed by atoms with Gasteiger partial charge in [-0.2, -0.15) is 0 Å². The van der Waals surface area contributed by atoms with E-state index in [-0.39, 0.29) is 17.9 Å². The van der Waals surface area contributed by atoms with E-state index in [1.54, 1.807) is 13.3 Å². The Hall–Kier alpha value is -4.11. The van der Waals surface area contributed by atoms with Crippen molar-refractivity contribution < 1.29 is 14.3 Å². The van der Waals surface area contributed by atoms with Crippen molar-refractivity contribution in [3.63, 3.8) is 0 Å². The van der Waals surface area contributed by atoms with Crippen molar-refractivity contribution in [2.75, 3.05) is 50.1 Å². The zero-order chi connectivity index (χ0) is 29.9. The van der Waals surface area contributed by atoms with Gasteiger partial charge in [0.05, 0.1) is 12.7 Å². The summed E-state index contributed by atoms with van der Waals surface area (Å²) in [7, 11) is 3.78. The Morgan fingerprint density at radius 2 is 1.65 bits per heavy atom. The minimum Gasteiger partial charge on any atom is -0.496 e. The van der Waals surface area contributed by atoms with E-state index >= 15 is 0 Å². The van der Waals surface area contributed by atoms with Crippen LogP contribution in [0, 0.1) is 6.92 Å². The highest BCUT2D eigenvalue weighted by molar-refractivity contribution is 5.96. The molecule has 9 nitrogen and oxygen atoms in total. The van der Waals surface area contributed by atoms with Crippen LogP contribution >= 0.6 is 0 Å². The van der Waals surface area contributed by atoms with Crippen LogP contribution in [0.1, 0.15) is 57.5 Å². The number of piperazine rings is 1. The lowest BCUT2D eigenvalue weighted by Gasteiger charge is -2.40. The molecule has 2 aromatic carbocycles. The molecular formula is C34H42N6O3. The molecule has 3 aliphatic heterocycles. The second kappa shape index (κ2) is 12.6. The highest BCUT2D eigenvalue weighted by Gasteiger charge is 2.42. The molecule has 6 rings (SSSR count). The second-order valence-corrected chi connectivity index (χ2v) is 12.1. The van der Waals surface area contributed by atoms with E-state index in [0.29, 0.717) is 29.8 Å². The number of aromatic nitrogens is 1. The molecule has 2 bridgehead atoms. The number of methoxy groups -OCH3 is 1. The van der Waals surface area contributed by atoms with Gasteiger partial charge >= 0.3 is 0 Å². The summed E-state index contributed by atoms with van der Waals surface area (Å²) in [4.78, 5) is 37.8. The lowest BCUT2D eigenvalue weighted by atomic mass is 9.96. The summed E-state index contributed by atoms with van der Waals surface area (Å²) in [6, 6.07) is 18.6. The number of hydrogen-bond donors (Lipinski definition) is 2. The SMILES string of the molecule is COc1cccc(C(=O)N[C@H]2C[C@H]3CC[C@@H](C2)N3c2ccc(C(=O)NCc3ccc(N4CCN(C)CC4)cc3)cn2)c1C. The van der Waals surface area contributed by atoms with Gasteiger partial charge in [0.2, 0.25) is 0 Å². The van der Waals surface area contributed by atoms with Crippen LogP contribution in [-0.4, -0.2) is 80.2 Å². The van der Waals surface area contributed by atoms with Crippen molar-refractivity contribution >= 4 is 23.3 Å². The first-order valence-electron chi connectivity index (χ1n) is 15.4. The van der Waals surface area contributed by atoms with Gasteiger partial charge in [-0.3, -0.25) is 9.59 Å². The summed E-state index contributed by atoms with van der Waals surface area (Å²) in [5.74, 6) is 1.45. The standard InChI is InChI=1S/C34H42N6O3/c1-23-30(5-4-6-31(23)43-3)34(42)37-26-19-28-12-13-29(20-26)40(28)32-14-9-25(22-35-32)33(41)36-21-24-7-10-27(11-8-24)39-17-15-38(2)16-18-39/h4-11,14,22,26,28-29H,12-13,15-21H2,1-3H3,(H,36,41)(H,37,42)/t26-,28+,29-. The van der Waals surface area contributed by atoms with Crippen molar-refractivity contribution in [1.29, 1.82) is 0 Å². The van der Waals surface area contributed by atoms with Crippen LogP contribution in [-0.2, 0) is 6.54 Å².